The Hall–Kier alpha value is -2.41. The molecule has 1 amide bonds. The lowest BCUT2D eigenvalue weighted by molar-refractivity contribution is -0.144. The largest absolute Gasteiger partial charge is 0.382 e. The van der Waals surface area contributed by atoms with Crippen LogP contribution < -0.4 is 5.32 Å². The second-order valence-corrected chi connectivity index (χ2v) is 11.6. The first-order valence-corrected chi connectivity index (χ1v) is 15.5. The Kier molecular flexibility index (Phi) is 15.2. The molecule has 3 atom stereocenters. The monoisotopic (exact) mass is 652 g/mol. The molecule has 44 heavy (non-hydrogen) atoms. The molecule has 1 aliphatic rings. The van der Waals surface area contributed by atoms with Crippen LogP contribution in [0.4, 0.5) is 0 Å². The standard InChI is InChI=1S/C32H42Cl2N2O8/c1-3-29(38)30(39)31(40)32(41)35-8-10-43-12-14-44-13-11-42-9-7-24(37)16-21-5-4-6-22(15-21)26-19-36(2)20-27-25(26)17-23(33)18-28(27)34/h4-6,15,17-18,26,30-31,39-40H,3,7-14,16,19-20H2,1-2H3,(H,35,41)/t26?,30-,31+/m0/s1. The predicted octanol–water partition coefficient (Wildman–Crippen LogP) is 2.94. The Labute approximate surface area is 268 Å². The number of benzene rings is 2. The minimum atomic E-state index is -1.80. The average molecular weight is 654 g/mol. The van der Waals surface area contributed by atoms with Crippen molar-refractivity contribution >= 4 is 40.7 Å². The number of aliphatic hydroxyl groups excluding tert-OH is 2. The van der Waals surface area contributed by atoms with Crippen LogP contribution in [0.1, 0.15) is 47.9 Å². The van der Waals surface area contributed by atoms with Gasteiger partial charge in [-0.1, -0.05) is 54.4 Å². The van der Waals surface area contributed by atoms with Crippen LogP contribution in [-0.4, -0.2) is 105 Å². The van der Waals surface area contributed by atoms with E-state index < -0.39 is 23.9 Å². The summed E-state index contributed by atoms with van der Waals surface area (Å²) in [6.45, 7) is 5.02. The van der Waals surface area contributed by atoms with Crippen molar-refractivity contribution in [1.82, 2.24) is 10.2 Å². The van der Waals surface area contributed by atoms with Crippen molar-refractivity contribution in [3.05, 3.63) is 68.7 Å². The van der Waals surface area contributed by atoms with E-state index in [1.165, 1.54) is 6.92 Å². The maximum Gasteiger partial charge on any atom is 0.252 e. The first-order valence-electron chi connectivity index (χ1n) is 14.8. The number of amides is 1. The molecular weight excluding hydrogens is 611 g/mol. The molecule has 0 aromatic heterocycles. The molecule has 12 heteroatoms. The second-order valence-electron chi connectivity index (χ2n) is 10.8. The third-order valence-electron chi connectivity index (χ3n) is 7.31. The lowest BCUT2D eigenvalue weighted by Crippen LogP contribution is -2.46. The van der Waals surface area contributed by atoms with Crippen LogP contribution in [0.25, 0.3) is 0 Å². The van der Waals surface area contributed by atoms with Crippen molar-refractivity contribution in [2.75, 3.05) is 59.8 Å². The fraction of sp³-hybridized carbons (Fsp3) is 0.531. The highest BCUT2D eigenvalue weighted by Crippen LogP contribution is 2.38. The van der Waals surface area contributed by atoms with Crippen molar-refractivity contribution in [2.45, 2.75) is 50.9 Å². The maximum absolute atomic E-state index is 12.6. The number of halogens is 2. The highest BCUT2D eigenvalue weighted by molar-refractivity contribution is 6.35. The highest BCUT2D eigenvalue weighted by Gasteiger charge is 2.29. The number of hydrogen-bond donors (Lipinski definition) is 3. The van der Waals surface area contributed by atoms with Crippen molar-refractivity contribution in [3.63, 3.8) is 0 Å². The number of aliphatic hydroxyl groups is 2. The van der Waals surface area contributed by atoms with Gasteiger partial charge in [0.1, 0.15) is 11.9 Å². The molecule has 0 spiro atoms. The average Bonchev–Trinajstić information content (AvgIpc) is 3.00. The van der Waals surface area contributed by atoms with Gasteiger partial charge < -0.3 is 34.6 Å². The molecule has 0 saturated carbocycles. The van der Waals surface area contributed by atoms with Crippen molar-refractivity contribution in [1.29, 1.82) is 0 Å². The summed E-state index contributed by atoms with van der Waals surface area (Å²) in [7, 11) is 2.07. The van der Waals surface area contributed by atoms with Crippen molar-refractivity contribution in [3.8, 4) is 0 Å². The fourth-order valence-electron chi connectivity index (χ4n) is 4.97. The van der Waals surface area contributed by atoms with Gasteiger partial charge in [0.2, 0.25) is 0 Å². The highest BCUT2D eigenvalue weighted by atomic mass is 35.5. The van der Waals surface area contributed by atoms with Crippen LogP contribution in [0.2, 0.25) is 10.0 Å². The third kappa shape index (κ3) is 11.2. The second kappa shape index (κ2) is 18.5. The van der Waals surface area contributed by atoms with Crippen LogP contribution in [0.5, 0.6) is 0 Å². The smallest absolute Gasteiger partial charge is 0.252 e. The van der Waals surface area contributed by atoms with E-state index in [0.29, 0.717) is 49.3 Å². The number of rotatable bonds is 19. The van der Waals surface area contributed by atoms with Gasteiger partial charge >= 0.3 is 0 Å². The van der Waals surface area contributed by atoms with E-state index in [2.05, 4.69) is 29.4 Å². The summed E-state index contributed by atoms with van der Waals surface area (Å²) in [5, 5.41) is 22.9. The first-order chi connectivity index (χ1) is 21.1. The Morgan fingerprint density at radius 1 is 0.977 bits per heavy atom. The summed E-state index contributed by atoms with van der Waals surface area (Å²) in [6.07, 6.45) is -2.89. The van der Waals surface area contributed by atoms with Gasteiger partial charge in [0.25, 0.3) is 5.91 Å². The zero-order valence-electron chi connectivity index (χ0n) is 25.2. The first kappa shape index (κ1) is 36.1. The normalized spacial score (nSPS) is 16.3. The molecule has 2 aromatic rings. The van der Waals surface area contributed by atoms with Crippen molar-refractivity contribution < 1.29 is 38.8 Å². The molecular formula is C32H42Cl2N2O8. The number of likely N-dealkylation sites (N-methyl/N-ethyl adjacent to an activating group) is 1. The predicted molar refractivity (Wildman–Crippen MR) is 167 cm³/mol. The minimum absolute atomic E-state index is 0.0235. The van der Waals surface area contributed by atoms with Gasteiger partial charge in [-0.3, -0.25) is 14.4 Å². The lowest BCUT2D eigenvalue weighted by atomic mass is 9.84. The van der Waals surface area contributed by atoms with Gasteiger partial charge in [0, 0.05) is 54.9 Å². The van der Waals surface area contributed by atoms with Gasteiger partial charge in [-0.15, -0.1) is 0 Å². The Balaban J connectivity index is 1.27. The zero-order chi connectivity index (χ0) is 32.1. The molecule has 0 aliphatic carbocycles. The van der Waals surface area contributed by atoms with Gasteiger partial charge in [0.15, 0.2) is 11.9 Å². The summed E-state index contributed by atoms with van der Waals surface area (Å²) < 4.78 is 16.3. The fourth-order valence-corrected chi connectivity index (χ4v) is 5.54. The Morgan fingerprint density at radius 2 is 1.66 bits per heavy atom. The SMILES string of the molecule is CCC(=O)[C@H](O)[C@@H](O)C(=O)NCCOCCOCCOCCC(=O)Cc1cccc(C2CN(C)Cc3c(Cl)cc(Cl)cc32)c1. The molecule has 1 unspecified atom stereocenters. The molecule has 0 bridgehead atoms. The lowest BCUT2D eigenvalue weighted by Gasteiger charge is -2.33. The molecule has 0 radical (unpaired) electrons. The number of carbonyl (C=O) groups is 3. The number of ketones is 2. The van der Waals surface area contributed by atoms with Gasteiger partial charge in [0.05, 0.1) is 39.6 Å². The molecule has 1 heterocycles. The maximum atomic E-state index is 12.6. The van der Waals surface area contributed by atoms with E-state index in [1.807, 2.05) is 18.2 Å². The van der Waals surface area contributed by atoms with Gasteiger partial charge in [-0.05, 0) is 41.4 Å². The number of nitrogens with zero attached hydrogens (tertiary/aromatic N) is 1. The van der Waals surface area contributed by atoms with Gasteiger partial charge in [-0.25, -0.2) is 0 Å². The molecule has 242 valence electrons. The Morgan fingerprint density at radius 3 is 2.36 bits per heavy atom. The molecule has 3 N–H and O–H groups in total. The van der Waals surface area contributed by atoms with Crippen LogP contribution >= 0.6 is 23.2 Å². The number of hydrogen-bond acceptors (Lipinski definition) is 9. The summed E-state index contributed by atoms with van der Waals surface area (Å²) in [5.41, 5.74) is 4.31. The van der Waals surface area contributed by atoms with Crippen molar-refractivity contribution in [2.24, 2.45) is 0 Å². The zero-order valence-corrected chi connectivity index (χ0v) is 26.7. The number of carbonyl (C=O) groups excluding carboxylic acids is 3. The van der Waals surface area contributed by atoms with E-state index in [4.69, 9.17) is 37.4 Å². The topological polar surface area (TPSA) is 135 Å². The summed E-state index contributed by atoms with van der Waals surface area (Å²) >= 11 is 12.8. The number of ether oxygens (including phenoxy) is 3. The van der Waals surface area contributed by atoms with Crippen LogP contribution in [0.15, 0.2) is 36.4 Å². The summed E-state index contributed by atoms with van der Waals surface area (Å²) in [6, 6.07) is 11.9. The van der Waals surface area contributed by atoms with Crippen LogP contribution in [0.3, 0.4) is 0 Å². The number of Topliss-reactive ketones (excluding diaryl/α,β-unsaturated/α-hetero) is 2. The van der Waals surface area contributed by atoms with Crippen LogP contribution in [0, 0.1) is 0 Å². The van der Waals surface area contributed by atoms with Gasteiger partial charge in [-0.2, -0.15) is 0 Å². The Bertz CT molecular complexity index is 1260. The van der Waals surface area contributed by atoms with E-state index in [9.17, 15) is 24.6 Å². The number of nitrogens with one attached hydrogen (secondary N) is 1. The minimum Gasteiger partial charge on any atom is -0.382 e. The molecule has 0 fully saturated rings. The summed E-state index contributed by atoms with van der Waals surface area (Å²) in [4.78, 5) is 38.0. The van der Waals surface area contributed by atoms with E-state index in [0.717, 1.165) is 35.3 Å². The van der Waals surface area contributed by atoms with E-state index in [1.54, 1.807) is 6.07 Å². The van der Waals surface area contributed by atoms with E-state index in [-0.39, 0.29) is 37.9 Å². The van der Waals surface area contributed by atoms with Crippen LogP contribution in [-0.2, 0) is 41.6 Å². The molecule has 0 saturated heterocycles. The molecule has 2 aromatic carbocycles. The quantitative estimate of drug-likeness (QED) is 0.196. The molecule has 10 nitrogen and oxygen atoms in total. The third-order valence-corrected chi connectivity index (χ3v) is 7.86. The molecule has 3 rings (SSSR count). The number of fused-ring (bicyclic) bond motifs is 1. The molecule has 1 aliphatic heterocycles. The summed E-state index contributed by atoms with van der Waals surface area (Å²) in [5.74, 6) is -1.24. The van der Waals surface area contributed by atoms with E-state index >= 15 is 0 Å².